The zero-order valence-corrected chi connectivity index (χ0v) is 13.1. The van der Waals surface area contributed by atoms with Gasteiger partial charge in [0, 0.05) is 11.5 Å². The van der Waals surface area contributed by atoms with Gasteiger partial charge in [0.05, 0.1) is 24.0 Å². The van der Waals surface area contributed by atoms with E-state index in [9.17, 15) is 0 Å². The van der Waals surface area contributed by atoms with Crippen LogP contribution in [0.5, 0.6) is 5.75 Å². The number of ether oxygens (including phenoxy) is 1. The fourth-order valence-electron chi connectivity index (χ4n) is 3.13. The van der Waals surface area contributed by atoms with E-state index in [4.69, 9.17) is 4.74 Å². The van der Waals surface area contributed by atoms with E-state index in [1.54, 1.807) is 0 Å². The molecule has 2 aromatic carbocycles. The number of aromatic nitrogens is 2. The Morgan fingerprint density at radius 3 is 2.74 bits per heavy atom. The van der Waals surface area contributed by atoms with Crippen molar-refractivity contribution in [1.82, 2.24) is 15.1 Å². The summed E-state index contributed by atoms with van der Waals surface area (Å²) in [6.07, 6.45) is 4.30. The monoisotopic (exact) mass is 307 g/mol. The fraction of sp³-hybridized carbons (Fsp3) is 0.316. The Kier molecular flexibility index (Phi) is 3.99. The quantitative estimate of drug-likeness (QED) is 0.803. The Bertz CT molecular complexity index is 776. The predicted molar refractivity (Wildman–Crippen MR) is 92.2 cm³/mol. The lowest BCUT2D eigenvalue weighted by Gasteiger charge is -2.22. The van der Waals surface area contributed by atoms with Gasteiger partial charge in [0.25, 0.3) is 0 Å². The van der Waals surface area contributed by atoms with Crippen molar-refractivity contribution >= 4 is 10.9 Å². The van der Waals surface area contributed by atoms with Gasteiger partial charge in [-0.05, 0) is 56.1 Å². The van der Waals surface area contributed by atoms with E-state index in [1.807, 2.05) is 35.1 Å². The molecule has 0 unspecified atom stereocenters. The van der Waals surface area contributed by atoms with Crippen LogP contribution in [0.4, 0.5) is 0 Å². The average Bonchev–Trinajstić information content (AvgIpc) is 3.05. The molecule has 3 aromatic rings. The van der Waals surface area contributed by atoms with Crippen molar-refractivity contribution < 1.29 is 4.74 Å². The molecule has 1 aliphatic heterocycles. The topological polar surface area (TPSA) is 39.1 Å². The normalized spacial score (nSPS) is 15.8. The first-order valence-electron chi connectivity index (χ1n) is 8.27. The van der Waals surface area contributed by atoms with E-state index in [1.165, 1.54) is 12.8 Å². The molecule has 0 atom stereocenters. The third-order valence-corrected chi connectivity index (χ3v) is 4.49. The first-order chi connectivity index (χ1) is 11.4. The summed E-state index contributed by atoms with van der Waals surface area (Å²) in [5, 5.41) is 9.03. The van der Waals surface area contributed by atoms with Crippen molar-refractivity contribution in [3.8, 4) is 11.4 Å². The van der Waals surface area contributed by atoms with Crippen LogP contribution in [0.3, 0.4) is 0 Å². The van der Waals surface area contributed by atoms with Crippen LogP contribution in [0.25, 0.3) is 16.6 Å². The zero-order chi connectivity index (χ0) is 15.5. The van der Waals surface area contributed by atoms with Crippen LogP contribution in [-0.4, -0.2) is 29.5 Å². The minimum absolute atomic E-state index is 0.658. The first-order valence-corrected chi connectivity index (χ1v) is 8.27. The van der Waals surface area contributed by atoms with Gasteiger partial charge in [-0.2, -0.15) is 5.10 Å². The second-order valence-corrected chi connectivity index (χ2v) is 6.12. The van der Waals surface area contributed by atoms with Crippen molar-refractivity contribution in [2.45, 2.75) is 12.8 Å². The SMILES string of the molecule is c1ccc(-n2ncc3ccc(OCC4CCNCC4)cc32)cc1. The Morgan fingerprint density at radius 1 is 1.09 bits per heavy atom. The lowest BCUT2D eigenvalue weighted by molar-refractivity contribution is 0.215. The maximum atomic E-state index is 6.04. The van der Waals surface area contributed by atoms with E-state index < -0.39 is 0 Å². The molecule has 1 aromatic heterocycles. The molecule has 4 heteroatoms. The molecule has 0 spiro atoms. The number of nitrogens with one attached hydrogen (secondary N) is 1. The second kappa shape index (κ2) is 6.42. The summed E-state index contributed by atoms with van der Waals surface area (Å²) in [5.41, 5.74) is 2.15. The van der Waals surface area contributed by atoms with Crippen molar-refractivity contribution in [2.75, 3.05) is 19.7 Å². The number of benzene rings is 2. The fourth-order valence-corrected chi connectivity index (χ4v) is 3.13. The predicted octanol–water partition coefficient (Wildman–Crippen LogP) is 3.40. The summed E-state index contributed by atoms with van der Waals surface area (Å²) in [7, 11) is 0. The highest BCUT2D eigenvalue weighted by atomic mass is 16.5. The minimum Gasteiger partial charge on any atom is -0.493 e. The molecule has 0 radical (unpaired) electrons. The lowest BCUT2D eigenvalue weighted by Crippen LogP contribution is -2.30. The number of piperidine rings is 1. The Balaban J connectivity index is 1.57. The van der Waals surface area contributed by atoms with Gasteiger partial charge >= 0.3 is 0 Å². The van der Waals surface area contributed by atoms with Crippen molar-refractivity contribution in [1.29, 1.82) is 0 Å². The van der Waals surface area contributed by atoms with E-state index in [2.05, 4.69) is 34.7 Å². The second-order valence-electron chi connectivity index (χ2n) is 6.12. The van der Waals surface area contributed by atoms with Crippen molar-refractivity contribution in [3.63, 3.8) is 0 Å². The van der Waals surface area contributed by atoms with Gasteiger partial charge < -0.3 is 10.1 Å². The summed E-state index contributed by atoms with van der Waals surface area (Å²) in [6, 6.07) is 16.4. The highest BCUT2D eigenvalue weighted by Gasteiger charge is 2.14. The number of hydrogen-bond acceptors (Lipinski definition) is 3. The summed E-state index contributed by atoms with van der Waals surface area (Å²) in [6.45, 7) is 3.01. The number of hydrogen-bond donors (Lipinski definition) is 1. The first kappa shape index (κ1) is 14.3. The number of nitrogens with zero attached hydrogens (tertiary/aromatic N) is 2. The highest BCUT2D eigenvalue weighted by molar-refractivity contribution is 5.81. The van der Waals surface area contributed by atoms with Gasteiger partial charge in [-0.25, -0.2) is 4.68 Å². The van der Waals surface area contributed by atoms with E-state index in [-0.39, 0.29) is 0 Å². The van der Waals surface area contributed by atoms with Gasteiger partial charge in [-0.3, -0.25) is 0 Å². The molecular formula is C19H21N3O. The molecule has 0 amide bonds. The van der Waals surface area contributed by atoms with Crippen LogP contribution in [0, 0.1) is 5.92 Å². The van der Waals surface area contributed by atoms with Crippen LogP contribution in [0.15, 0.2) is 54.7 Å². The van der Waals surface area contributed by atoms with Crippen molar-refractivity contribution in [2.24, 2.45) is 5.92 Å². The van der Waals surface area contributed by atoms with E-state index >= 15 is 0 Å². The Morgan fingerprint density at radius 2 is 1.91 bits per heavy atom. The van der Waals surface area contributed by atoms with Crippen LogP contribution in [0.2, 0.25) is 0 Å². The van der Waals surface area contributed by atoms with Crippen LogP contribution < -0.4 is 10.1 Å². The molecule has 118 valence electrons. The van der Waals surface area contributed by atoms with E-state index in [0.717, 1.165) is 42.0 Å². The molecule has 1 saturated heterocycles. The number of fused-ring (bicyclic) bond motifs is 1. The van der Waals surface area contributed by atoms with E-state index in [0.29, 0.717) is 5.92 Å². The Hall–Kier alpha value is -2.33. The third-order valence-electron chi connectivity index (χ3n) is 4.49. The van der Waals surface area contributed by atoms with Gasteiger partial charge in [0.1, 0.15) is 5.75 Å². The molecule has 4 nitrogen and oxygen atoms in total. The standard InChI is InChI=1S/C19H21N3O/c1-2-4-17(5-3-1)22-19-12-18(7-6-16(19)13-21-22)23-14-15-8-10-20-11-9-15/h1-7,12-13,15,20H,8-11,14H2. The summed E-state index contributed by atoms with van der Waals surface area (Å²) in [4.78, 5) is 0. The molecule has 2 heterocycles. The summed E-state index contributed by atoms with van der Waals surface area (Å²) in [5.74, 6) is 1.58. The molecule has 1 aliphatic rings. The molecule has 1 fully saturated rings. The molecule has 0 bridgehead atoms. The number of rotatable bonds is 4. The summed E-state index contributed by atoms with van der Waals surface area (Å²) >= 11 is 0. The maximum Gasteiger partial charge on any atom is 0.121 e. The summed E-state index contributed by atoms with van der Waals surface area (Å²) < 4.78 is 8.01. The van der Waals surface area contributed by atoms with Gasteiger partial charge in [0.15, 0.2) is 0 Å². The lowest BCUT2D eigenvalue weighted by atomic mass is 9.99. The Labute approximate surface area is 136 Å². The van der Waals surface area contributed by atoms with Gasteiger partial charge in [-0.15, -0.1) is 0 Å². The molecule has 4 rings (SSSR count). The van der Waals surface area contributed by atoms with Crippen LogP contribution >= 0.6 is 0 Å². The minimum atomic E-state index is 0.658. The average molecular weight is 307 g/mol. The molecule has 0 saturated carbocycles. The molecular weight excluding hydrogens is 286 g/mol. The van der Waals surface area contributed by atoms with Gasteiger partial charge in [0.2, 0.25) is 0 Å². The molecule has 0 aliphatic carbocycles. The largest absolute Gasteiger partial charge is 0.493 e. The third kappa shape index (κ3) is 3.08. The van der Waals surface area contributed by atoms with Crippen LogP contribution in [-0.2, 0) is 0 Å². The van der Waals surface area contributed by atoms with Crippen molar-refractivity contribution in [3.05, 3.63) is 54.7 Å². The smallest absolute Gasteiger partial charge is 0.121 e. The molecule has 1 N–H and O–H groups in total. The zero-order valence-electron chi connectivity index (χ0n) is 13.1. The van der Waals surface area contributed by atoms with Gasteiger partial charge in [-0.1, -0.05) is 18.2 Å². The highest BCUT2D eigenvalue weighted by Crippen LogP contribution is 2.24. The molecule has 23 heavy (non-hydrogen) atoms. The maximum absolute atomic E-state index is 6.04. The van der Waals surface area contributed by atoms with Crippen LogP contribution in [0.1, 0.15) is 12.8 Å². The number of para-hydroxylation sites is 1.